The summed E-state index contributed by atoms with van der Waals surface area (Å²) in [6.45, 7) is 10.5. The molecule has 5 nitrogen and oxygen atoms in total. The molecule has 1 aromatic heterocycles. The minimum absolute atomic E-state index is 0.872. The number of piperazine rings is 1. The molecule has 0 aromatic carbocycles. The summed E-state index contributed by atoms with van der Waals surface area (Å²) in [5.41, 5.74) is 2.73. The second-order valence-corrected chi connectivity index (χ2v) is 7.93. The molecule has 0 amide bonds. The van der Waals surface area contributed by atoms with Crippen molar-refractivity contribution in [3.63, 3.8) is 0 Å². The van der Waals surface area contributed by atoms with Crippen LogP contribution in [0.15, 0.2) is 6.33 Å². The molecule has 0 radical (unpaired) electrons. The lowest BCUT2D eigenvalue weighted by molar-refractivity contribution is 0.120. The van der Waals surface area contributed by atoms with Gasteiger partial charge in [0.1, 0.15) is 12.1 Å². The molecule has 0 bridgehead atoms. The van der Waals surface area contributed by atoms with Crippen LogP contribution >= 0.6 is 0 Å². The van der Waals surface area contributed by atoms with Crippen molar-refractivity contribution in [3.05, 3.63) is 17.6 Å². The molecule has 1 saturated carbocycles. The molecule has 1 aromatic rings. The van der Waals surface area contributed by atoms with Gasteiger partial charge in [0.05, 0.1) is 5.69 Å². The second kappa shape index (κ2) is 8.00. The zero-order valence-electron chi connectivity index (χ0n) is 15.8. The highest BCUT2D eigenvalue weighted by atomic mass is 15.3. The number of nitrogens with zero attached hydrogens (tertiary/aromatic N) is 5. The summed E-state index contributed by atoms with van der Waals surface area (Å²) < 4.78 is 0. The van der Waals surface area contributed by atoms with Gasteiger partial charge in [-0.1, -0.05) is 19.8 Å². The molecule has 1 aliphatic carbocycles. The van der Waals surface area contributed by atoms with Gasteiger partial charge >= 0.3 is 0 Å². The quantitative estimate of drug-likeness (QED) is 0.820. The van der Waals surface area contributed by atoms with E-state index in [0.29, 0.717) is 0 Å². The van der Waals surface area contributed by atoms with Crippen LogP contribution in [-0.4, -0.2) is 71.6 Å². The highest BCUT2D eigenvalue weighted by Gasteiger charge is 2.29. The Hall–Kier alpha value is -1.20. The van der Waals surface area contributed by atoms with E-state index in [1.54, 1.807) is 6.33 Å². The molecule has 5 heteroatoms. The molecule has 3 heterocycles. The Kier molecular flexibility index (Phi) is 5.51. The predicted octanol–water partition coefficient (Wildman–Crippen LogP) is 2.35. The van der Waals surface area contributed by atoms with Crippen molar-refractivity contribution in [2.45, 2.75) is 57.9 Å². The van der Waals surface area contributed by atoms with Crippen LogP contribution in [0.5, 0.6) is 0 Å². The van der Waals surface area contributed by atoms with Gasteiger partial charge in [-0.25, -0.2) is 9.97 Å². The highest BCUT2D eigenvalue weighted by Crippen LogP contribution is 2.28. The number of aromatic nitrogens is 2. The molecule has 2 fully saturated rings. The van der Waals surface area contributed by atoms with Crippen molar-refractivity contribution in [2.75, 3.05) is 50.7 Å². The van der Waals surface area contributed by atoms with Crippen molar-refractivity contribution in [1.82, 2.24) is 19.8 Å². The molecule has 25 heavy (non-hydrogen) atoms. The molecule has 0 spiro atoms. The molecule has 3 aliphatic rings. The zero-order valence-corrected chi connectivity index (χ0v) is 15.8. The van der Waals surface area contributed by atoms with Crippen LogP contribution < -0.4 is 4.90 Å². The molecule has 0 unspecified atom stereocenters. The average Bonchev–Trinajstić information content (AvgIpc) is 2.81. The number of rotatable bonds is 5. The molecule has 2 aliphatic heterocycles. The summed E-state index contributed by atoms with van der Waals surface area (Å²) in [4.78, 5) is 17.2. The van der Waals surface area contributed by atoms with Gasteiger partial charge in [-0.2, -0.15) is 0 Å². The van der Waals surface area contributed by atoms with E-state index in [0.717, 1.165) is 45.1 Å². The summed E-state index contributed by atoms with van der Waals surface area (Å²) in [7, 11) is 0. The Morgan fingerprint density at radius 2 is 1.80 bits per heavy atom. The van der Waals surface area contributed by atoms with Gasteiger partial charge in [-0.05, 0) is 32.2 Å². The first-order valence-corrected chi connectivity index (χ1v) is 10.4. The molecule has 4 rings (SSSR count). The van der Waals surface area contributed by atoms with Crippen molar-refractivity contribution in [1.29, 1.82) is 0 Å². The van der Waals surface area contributed by atoms with Crippen molar-refractivity contribution in [2.24, 2.45) is 0 Å². The Morgan fingerprint density at radius 1 is 1.00 bits per heavy atom. The molecular formula is C20H33N5. The lowest BCUT2D eigenvalue weighted by Crippen LogP contribution is -2.52. The van der Waals surface area contributed by atoms with E-state index in [1.165, 1.54) is 68.8 Å². The lowest BCUT2D eigenvalue weighted by Gasteiger charge is -2.43. The van der Waals surface area contributed by atoms with Crippen molar-refractivity contribution >= 4 is 5.82 Å². The van der Waals surface area contributed by atoms with Crippen LogP contribution in [0.2, 0.25) is 0 Å². The number of hydrogen-bond acceptors (Lipinski definition) is 5. The Morgan fingerprint density at radius 3 is 2.52 bits per heavy atom. The molecule has 0 N–H and O–H groups in total. The van der Waals surface area contributed by atoms with E-state index in [-0.39, 0.29) is 0 Å². The van der Waals surface area contributed by atoms with Gasteiger partial charge in [-0.15, -0.1) is 0 Å². The maximum atomic E-state index is 4.73. The third-order valence-electron chi connectivity index (χ3n) is 6.39. The standard InChI is InChI=1S/C20H33N5/c1-2-3-9-23-10-7-18-19(8-11-23)21-16-22-20(18)25-14-12-24(13-15-25)17-5-4-6-17/h16-17H,2-15H2,1H3. The summed E-state index contributed by atoms with van der Waals surface area (Å²) in [5.74, 6) is 1.23. The van der Waals surface area contributed by atoms with E-state index in [4.69, 9.17) is 4.98 Å². The fourth-order valence-electron chi connectivity index (χ4n) is 4.48. The summed E-state index contributed by atoms with van der Waals surface area (Å²) >= 11 is 0. The van der Waals surface area contributed by atoms with Gasteiger partial charge in [0, 0.05) is 57.3 Å². The first-order valence-electron chi connectivity index (χ1n) is 10.4. The SMILES string of the molecule is CCCCN1CCc2ncnc(N3CCN(C4CCC4)CC3)c2CC1. The fraction of sp³-hybridized carbons (Fsp3) is 0.800. The monoisotopic (exact) mass is 343 g/mol. The summed E-state index contributed by atoms with van der Waals surface area (Å²) in [6.07, 6.45) is 10.8. The number of anilines is 1. The number of hydrogen-bond donors (Lipinski definition) is 0. The smallest absolute Gasteiger partial charge is 0.135 e. The van der Waals surface area contributed by atoms with Crippen molar-refractivity contribution < 1.29 is 0 Å². The molecule has 1 saturated heterocycles. The van der Waals surface area contributed by atoms with Crippen LogP contribution in [0.4, 0.5) is 5.82 Å². The predicted molar refractivity (Wildman–Crippen MR) is 102 cm³/mol. The largest absolute Gasteiger partial charge is 0.354 e. The maximum absolute atomic E-state index is 4.73. The van der Waals surface area contributed by atoms with Gasteiger partial charge < -0.3 is 9.80 Å². The highest BCUT2D eigenvalue weighted by molar-refractivity contribution is 5.49. The first kappa shape index (κ1) is 17.2. The van der Waals surface area contributed by atoms with Crippen LogP contribution in [0, 0.1) is 0 Å². The fourth-order valence-corrected chi connectivity index (χ4v) is 4.48. The number of unbranched alkanes of at least 4 members (excludes halogenated alkanes) is 1. The van der Waals surface area contributed by atoms with Crippen LogP contribution in [-0.2, 0) is 12.8 Å². The van der Waals surface area contributed by atoms with Crippen molar-refractivity contribution in [3.8, 4) is 0 Å². The third kappa shape index (κ3) is 3.82. The lowest BCUT2D eigenvalue weighted by atomic mass is 9.91. The van der Waals surface area contributed by atoms with E-state index in [1.807, 2.05) is 0 Å². The normalized spacial score (nSPS) is 23.2. The van der Waals surface area contributed by atoms with Gasteiger partial charge in [0.25, 0.3) is 0 Å². The number of fused-ring (bicyclic) bond motifs is 1. The van der Waals surface area contributed by atoms with E-state index >= 15 is 0 Å². The Labute approximate surface area is 152 Å². The Bertz CT molecular complexity index is 563. The van der Waals surface area contributed by atoms with Gasteiger partial charge in [0.2, 0.25) is 0 Å². The summed E-state index contributed by atoms with van der Waals surface area (Å²) in [5, 5.41) is 0. The van der Waals surface area contributed by atoms with Crippen LogP contribution in [0.3, 0.4) is 0 Å². The Balaban J connectivity index is 1.42. The minimum Gasteiger partial charge on any atom is -0.354 e. The van der Waals surface area contributed by atoms with Gasteiger partial charge in [0.15, 0.2) is 0 Å². The van der Waals surface area contributed by atoms with E-state index in [2.05, 4.69) is 26.6 Å². The zero-order chi connectivity index (χ0) is 17.1. The third-order valence-corrected chi connectivity index (χ3v) is 6.39. The first-order chi connectivity index (χ1) is 12.3. The summed E-state index contributed by atoms with van der Waals surface area (Å²) in [6, 6.07) is 0.872. The minimum atomic E-state index is 0.872. The van der Waals surface area contributed by atoms with Gasteiger partial charge in [-0.3, -0.25) is 4.90 Å². The molecule has 138 valence electrons. The van der Waals surface area contributed by atoms with Crippen LogP contribution in [0.1, 0.15) is 50.3 Å². The molecule has 0 atom stereocenters. The molecular weight excluding hydrogens is 310 g/mol. The second-order valence-electron chi connectivity index (χ2n) is 7.93. The average molecular weight is 344 g/mol. The van der Waals surface area contributed by atoms with E-state index < -0.39 is 0 Å². The van der Waals surface area contributed by atoms with E-state index in [9.17, 15) is 0 Å². The van der Waals surface area contributed by atoms with Crippen LogP contribution in [0.25, 0.3) is 0 Å². The topological polar surface area (TPSA) is 35.5 Å². The maximum Gasteiger partial charge on any atom is 0.135 e.